The van der Waals surface area contributed by atoms with Gasteiger partial charge in [0.25, 0.3) is 5.56 Å². The normalized spacial score (nSPS) is 10.0. The quantitative estimate of drug-likeness (QED) is 0.541. The van der Waals surface area contributed by atoms with Crippen molar-refractivity contribution in [3.05, 3.63) is 33.2 Å². The highest BCUT2D eigenvalue weighted by Gasteiger charge is 2.15. The fourth-order valence-corrected chi connectivity index (χ4v) is 2.10. The van der Waals surface area contributed by atoms with Gasteiger partial charge < -0.3 is 4.74 Å². The molecule has 0 aliphatic carbocycles. The smallest absolute Gasteiger partial charge is 0.359 e. The topological polar surface area (TPSA) is 60.7 Å². The minimum Gasteiger partial charge on any atom is -0.369 e. The number of terminal acetylenes is 1. The largest absolute Gasteiger partial charge is 0.369 e. The van der Waals surface area contributed by atoms with Crippen molar-refractivity contribution in [2.24, 2.45) is 0 Å². The molecular weight excluding hydrogens is 228 g/mol. The summed E-state index contributed by atoms with van der Waals surface area (Å²) in [4.78, 5) is 27.7. The third-order valence-electron chi connectivity index (χ3n) is 1.99. The van der Waals surface area contributed by atoms with Gasteiger partial charge in [-0.1, -0.05) is 6.42 Å². The number of thiazole rings is 1. The van der Waals surface area contributed by atoms with Crippen molar-refractivity contribution in [1.82, 2.24) is 9.38 Å². The van der Waals surface area contributed by atoms with Crippen LogP contribution in [0.15, 0.2) is 16.4 Å². The van der Waals surface area contributed by atoms with Crippen LogP contribution in [-0.4, -0.2) is 15.4 Å². The molecule has 0 saturated heterocycles. The molecule has 0 bridgehead atoms. The van der Waals surface area contributed by atoms with Gasteiger partial charge in [0.05, 0.1) is 6.20 Å². The molecule has 16 heavy (non-hydrogen) atoms. The molecule has 0 atom stereocenters. The number of carbonyl (C=O) groups excluding carboxylic acids is 1. The molecule has 0 unspecified atom stereocenters. The van der Waals surface area contributed by atoms with E-state index in [9.17, 15) is 9.59 Å². The van der Waals surface area contributed by atoms with Crippen LogP contribution in [0.3, 0.4) is 0 Å². The molecule has 0 spiro atoms. The summed E-state index contributed by atoms with van der Waals surface area (Å²) in [6, 6.07) is 0. The number of aryl methyl sites for hydroxylation is 1. The molecular formula is C10H6N2O3S. The SMILES string of the molecule is C#COC(=O)c1cnc2scc(C)n2c1=O. The zero-order valence-corrected chi connectivity index (χ0v) is 9.08. The van der Waals surface area contributed by atoms with Crippen LogP contribution in [-0.2, 0) is 4.74 Å². The maximum absolute atomic E-state index is 11.9. The number of ether oxygens (including phenoxy) is 1. The zero-order valence-electron chi connectivity index (χ0n) is 8.26. The molecule has 0 N–H and O–H groups in total. The summed E-state index contributed by atoms with van der Waals surface area (Å²) in [5.41, 5.74) is 0.0776. The van der Waals surface area contributed by atoms with E-state index < -0.39 is 11.5 Å². The number of carbonyl (C=O) groups is 1. The summed E-state index contributed by atoms with van der Waals surface area (Å²) in [5, 5.41) is 1.78. The van der Waals surface area contributed by atoms with Crippen LogP contribution in [0.25, 0.3) is 4.96 Å². The van der Waals surface area contributed by atoms with Gasteiger partial charge in [-0.15, -0.1) is 11.3 Å². The van der Waals surface area contributed by atoms with E-state index in [1.807, 2.05) is 0 Å². The number of fused-ring (bicyclic) bond motifs is 1. The van der Waals surface area contributed by atoms with Crippen LogP contribution in [0.1, 0.15) is 16.1 Å². The van der Waals surface area contributed by atoms with Crippen molar-refractivity contribution in [2.45, 2.75) is 6.92 Å². The van der Waals surface area contributed by atoms with E-state index in [1.165, 1.54) is 21.9 Å². The molecule has 2 rings (SSSR count). The minimum absolute atomic E-state index is 0.169. The van der Waals surface area contributed by atoms with Gasteiger partial charge in [0.15, 0.2) is 4.96 Å². The number of nitrogens with zero attached hydrogens (tertiary/aromatic N) is 2. The third kappa shape index (κ3) is 1.47. The lowest BCUT2D eigenvalue weighted by Crippen LogP contribution is -2.23. The van der Waals surface area contributed by atoms with Gasteiger partial charge in [0.1, 0.15) is 11.7 Å². The van der Waals surface area contributed by atoms with Crippen molar-refractivity contribution in [1.29, 1.82) is 0 Å². The third-order valence-corrected chi connectivity index (χ3v) is 2.95. The lowest BCUT2D eigenvalue weighted by molar-refractivity contribution is 0.0688. The summed E-state index contributed by atoms with van der Waals surface area (Å²) in [6.45, 7) is 1.75. The maximum Gasteiger partial charge on any atom is 0.359 e. The van der Waals surface area contributed by atoms with Crippen molar-refractivity contribution in [2.75, 3.05) is 0 Å². The molecule has 0 aromatic carbocycles. The summed E-state index contributed by atoms with van der Waals surface area (Å²) < 4.78 is 5.66. The van der Waals surface area contributed by atoms with Crippen molar-refractivity contribution in [3.63, 3.8) is 0 Å². The molecule has 0 aliphatic heterocycles. The Hall–Kier alpha value is -2.13. The number of esters is 1. The molecule has 0 amide bonds. The van der Waals surface area contributed by atoms with Crippen LogP contribution in [0.5, 0.6) is 0 Å². The van der Waals surface area contributed by atoms with Crippen LogP contribution >= 0.6 is 11.3 Å². The first-order valence-corrected chi connectivity index (χ1v) is 5.15. The van der Waals surface area contributed by atoms with Crippen molar-refractivity contribution in [3.8, 4) is 12.5 Å². The number of rotatable bonds is 1. The van der Waals surface area contributed by atoms with Crippen LogP contribution in [0.2, 0.25) is 0 Å². The molecule has 0 fully saturated rings. The average molecular weight is 234 g/mol. The fraction of sp³-hybridized carbons (Fsp3) is 0.100. The molecule has 2 heterocycles. The minimum atomic E-state index is -0.861. The van der Waals surface area contributed by atoms with E-state index in [1.54, 1.807) is 18.4 Å². The highest BCUT2D eigenvalue weighted by molar-refractivity contribution is 7.15. The van der Waals surface area contributed by atoms with Crippen molar-refractivity contribution >= 4 is 22.3 Å². The molecule has 6 heteroatoms. The predicted octanol–water partition coefficient (Wildman–Crippen LogP) is 0.812. The lowest BCUT2D eigenvalue weighted by Gasteiger charge is -1.98. The molecule has 0 saturated carbocycles. The van der Waals surface area contributed by atoms with E-state index in [0.29, 0.717) is 10.7 Å². The average Bonchev–Trinajstić information content (AvgIpc) is 2.62. The van der Waals surface area contributed by atoms with E-state index in [4.69, 9.17) is 6.42 Å². The second-order valence-electron chi connectivity index (χ2n) is 2.98. The Morgan fingerprint density at radius 3 is 3.12 bits per heavy atom. The van der Waals surface area contributed by atoms with Gasteiger partial charge >= 0.3 is 5.97 Å². The van der Waals surface area contributed by atoms with E-state index in [2.05, 4.69) is 9.72 Å². The first kappa shape index (κ1) is 10.4. The Bertz CT molecular complexity index is 663. The number of hydrogen-bond acceptors (Lipinski definition) is 5. The zero-order chi connectivity index (χ0) is 11.7. The highest BCUT2D eigenvalue weighted by Crippen LogP contribution is 2.11. The summed E-state index contributed by atoms with van der Waals surface area (Å²) >= 11 is 1.32. The Morgan fingerprint density at radius 2 is 2.44 bits per heavy atom. The summed E-state index contributed by atoms with van der Waals surface area (Å²) in [7, 11) is 0. The standard InChI is InChI=1S/C10H6N2O3S/c1-3-15-9(14)7-4-11-10-12(8(7)13)6(2)5-16-10/h1,4-5H,2H3. The summed E-state index contributed by atoms with van der Waals surface area (Å²) in [5.74, 6) is -0.861. The first-order valence-electron chi connectivity index (χ1n) is 4.27. The first-order chi connectivity index (χ1) is 7.65. The van der Waals surface area contributed by atoms with Crippen LogP contribution < -0.4 is 5.56 Å². The van der Waals surface area contributed by atoms with Gasteiger partial charge in [-0.2, -0.15) is 0 Å². The van der Waals surface area contributed by atoms with Gasteiger partial charge in [0.2, 0.25) is 0 Å². The van der Waals surface area contributed by atoms with E-state index in [-0.39, 0.29) is 5.56 Å². The monoisotopic (exact) mass is 234 g/mol. The van der Waals surface area contributed by atoms with Gasteiger partial charge in [-0.25, -0.2) is 9.78 Å². The number of hydrogen-bond donors (Lipinski definition) is 0. The lowest BCUT2D eigenvalue weighted by atomic mass is 10.3. The molecule has 2 aromatic rings. The second-order valence-corrected chi connectivity index (χ2v) is 3.82. The Kier molecular flexibility index (Phi) is 2.46. The predicted molar refractivity (Wildman–Crippen MR) is 58.3 cm³/mol. The van der Waals surface area contributed by atoms with E-state index >= 15 is 0 Å². The van der Waals surface area contributed by atoms with Crippen molar-refractivity contribution < 1.29 is 9.53 Å². The Morgan fingerprint density at radius 1 is 1.69 bits per heavy atom. The van der Waals surface area contributed by atoms with Gasteiger partial charge in [-0.05, 0) is 6.92 Å². The molecule has 80 valence electrons. The molecule has 0 aliphatic rings. The van der Waals surface area contributed by atoms with E-state index in [0.717, 1.165) is 0 Å². The van der Waals surface area contributed by atoms with Gasteiger partial charge in [0, 0.05) is 11.1 Å². The second kappa shape index (κ2) is 3.79. The maximum atomic E-state index is 11.9. The fourth-order valence-electron chi connectivity index (χ4n) is 1.27. The molecule has 2 aromatic heterocycles. The number of aromatic nitrogens is 2. The van der Waals surface area contributed by atoms with Crippen LogP contribution in [0.4, 0.5) is 0 Å². The molecule has 0 radical (unpaired) electrons. The van der Waals surface area contributed by atoms with Gasteiger partial charge in [-0.3, -0.25) is 9.20 Å². The Balaban J connectivity index is 2.70. The highest BCUT2D eigenvalue weighted by atomic mass is 32.1. The summed E-state index contributed by atoms with van der Waals surface area (Å²) in [6.07, 6.45) is 7.72. The van der Waals surface area contributed by atoms with Crippen LogP contribution in [0, 0.1) is 19.5 Å². The Labute approximate surface area is 94.3 Å². The molecule has 5 nitrogen and oxygen atoms in total.